The van der Waals surface area contributed by atoms with Gasteiger partial charge < -0.3 is 19.7 Å². The van der Waals surface area contributed by atoms with Gasteiger partial charge in [-0.3, -0.25) is 4.79 Å². The predicted octanol–water partition coefficient (Wildman–Crippen LogP) is 3.75. The number of hydrogen-bond acceptors (Lipinski definition) is 4. The second-order valence-corrected chi connectivity index (χ2v) is 7.75. The van der Waals surface area contributed by atoms with Gasteiger partial charge in [0, 0.05) is 19.6 Å². The van der Waals surface area contributed by atoms with Crippen LogP contribution >= 0.6 is 0 Å². The van der Waals surface area contributed by atoms with Crippen molar-refractivity contribution in [1.29, 1.82) is 0 Å². The van der Waals surface area contributed by atoms with Crippen LogP contribution in [0.2, 0.25) is 0 Å². The van der Waals surface area contributed by atoms with Gasteiger partial charge in [0.15, 0.2) is 5.96 Å². The van der Waals surface area contributed by atoms with Crippen LogP contribution in [0.15, 0.2) is 59.6 Å². The number of rotatable bonds is 8. The molecule has 1 saturated heterocycles. The highest BCUT2D eigenvalue weighted by Gasteiger charge is 2.26. The number of likely N-dealkylation sites (tertiary alicyclic amines) is 1. The zero-order chi connectivity index (χ0) is 21.9. The van der Waals surface area contributed by atoms with Gasteiger partial charge in [-0.2, -0.15) is 0 Å². The normalized spacial score (nSPS) is 15.0. The largest absolute Gasteiger partial charge is 0.469 e. The lowest BCUT2D eigenvalue weighted by atomic mass is 9.97. The molecule has 0 bridgehead atoms. The minimum atomic E-state index is -0.102. The third-order valence-electron chi connectivity index (χ3n) is 5.48. The van der Waals surface area contributed by atoms with Gasteiger partial charge in [0.25, 0.3) is 0 Å². The summed E-state index contributed by atoms with van der Waals surface area (Å²) in [5, 5.41) is 3.38. The molecule has 2 aromatic rings. The van der Waals surface area contributed by atoms with E-state index in [1.807, 2.05) is 18.2 Å². The van der Waals surface area contributed by atoms with E-state index in [2.05, 4.69) is 53.5 Å². The smallest absolute Gasteiger partial charge is 0.308 e. The van der Waals surface area contributed by atoms with Crippen LogP contribution in [0.1, 0.15) is 36.5 Å². The van der Waals surface area contributed by atoms with Crippen molar-refractivity contribution in [2.75, 3.05) is 26.7 Å². The highest BCUT2D eigenvalue weighted by Crippen LogP contribution is 2.19. The fourth-order valence-corrected chi connectivity index (χ4v) is 3.69. The summed E-state index contributed by atoms with van der Waals surface area (Å²) in [6.45, 7) is 6.33. The third-order valence-corrected chi connectivity index (χ3v) is 5.48. The van der Waals surface area contributed by atoms with E-state index in [0.717, 1.165) is 49.6 Å². The fraction of sp³-hybridized carbons (Fsp3) is 0.440. The van der Waals surface area contributed by atoms with Gasteiger partial charge in [0.2, 0.25) is 0 Å². The summed E-state index contributed by atoms with van der Waals surface area (Å²) in [6, 6.07) is 18.6. The molecule has 6 heteroatoms. The van der Waals surface area contributed by atoms with Gasteiger partial charge in [0.1, 0.15) is 0 Å². The lowest BCUT2D eigenvalue weighted by molar-refractivity contribution is -0.146. The van der Waals surface area contributed by atoms with Gasteiger partial charge in [-0.05, 0) is 36.5 Å². The number of aliphatic imine (C=N–C) groups is 1. The van der Waals surface area contributed by atoms with Crippen molar-refractivity contribution < 1.29 is 14.3 Å². The first-order valence-electron chi connectivity index (χ1n) is 11.0. The van der Waals surface area contributed by atoms with Crippen molar-refractivity contribution in [3.05, 3.63) is 71.3 Å². The van der Waals surface area contributed by atoms with E-state index in [9.17, 15) is 4.79 Å². The maximum atomic E-state index is 11.7. The van der Waals surface area contributed by atoms with Crippen molar-refractivity contribution in [3.63, 3.8) is 0 Å². The molecule has 1 heterocycles. The maximum absolute atomic E-state index is 11.7. The van der Waals surface area contributed by atoms with E-state index in [-0.39, 0.29) is 11.9 Å². The van der Waals surface area contributed by atoms with Crippen LogP contribution in [0, 0.1) is 5.92 Å². The van der Waals surface area contributed by atoms with E-state index in [1.165, 1.54) is 12.7 Å². The number of methoxy groups -OCH3 is 1. The van der Waals surface area contributed by atoms with E-state index >= 15 is 0 Å². The number of ether oxygens (including phenoxy) is 2. The molecule has 0 radical (unpaired) electrons. The Morgan fingerprint density at radius 3 is 2.23 bits per heavy atom. The first kappa shape index (κ1) is 22.8. The first-order chi connectivity index (χ1) is 15.2. The minimum Gasteiger partial charge on any atom is -0.469 e. The SMILES string of the molecule is CCNC(=NCc1ccc(COCc2ccccc2)cc1)N1CCC(C(=O)OC)CC1. The number of carbonyl (C=O) groups is 1. The van der Waals surface area contributed by atoms with Crippen LogP contribution in [-0.2, 0) is 34.0 Å². The molecule has 0 aromatic heterocycles. The van der Waals surface area contributed by atoms with Crippen LogP contribution in [-0.4, -0.2) is 43.6 Å². The Hall–Kier alpha value is -2.86. The molecule has 1 aliphatic heterocycles. The molecule has 0 spiro atoms. The average Bonchev–Trinajstić information content (AvgIpc) is 2.83. The molecule has 0 saturated carbocycles. The quantitative estimate of drug-likeness (QED) is 0.398. The Balaban J connectivity index is 1.49. The van der Waals surface area contributed by atoms with Crippen molar-refractivity contribution in [2.24, 2.45) is 10.9 Å². The van der Waals surface area contributed by atoms with Crippen molar-refractivity contribution in [1.82, 2.24) is 10.2 Å². The van der Waals surface area contributed by atoms with Crippen LogP contribution < -0.4 is 5.32 Å². The summed E-state index contributed by atoms with van der Waals surface area (Å²) < 4.78 is 10.7. The molecule has 3 rings (SSSR count). The molecule has 0 atom stereocenters. The summed E-state index contributed by atoms with van der Waals surface area (Å²) in [7, 11) is 1.46. The summed E-state index contributed by atoms with van der Waals surface area (Å²) in [4.78, 5) is 18.8. The zero-order valence-electron chi connectivity index (χ0n) is 18.5. The molecule has 166 valence electrons. The predicted molar refractivity (Wildman–Crippen MR) is 123 cm³/mol. The second-order valence-electron chi connectivity index (χ2n) is 7.75. The van der Waals surface area contributed by atoms with E-state index in [4.69, 9.17) is 14.5 Å². The molecular weight excluding hydrogens is 390 g/mol. The van der Waals surface area contributed by atoms with Gasteiger partial charge in [-0.15, -0.1) is 0 Å². The standard InChI is InChI=1S/C25H33N3O3/c1-3-26-25(28-15-13-23(14-16-28)24(29)30-2)27-17-20-9-11-22(12-10-20)19-31-18-21-7-5-4-6-8-21/h4-12,23H,3,13-19H2,1-2H3,(H,26,27). The molecule has 1 aliphatic rings. The lowest BCUT2D eigenvalue weighted by Crippen LogP contribution is -2.46. The molecule has 31 heavy (non-hydrogen) atoms. The summed E-state index contributed by atoms with van der Waals surface area (Å²) in [5.74, 6) is 0.802. The third kappa shape index (κ3) is 7.10. The molecule has 2 aromatic carbocycles. The summed E-state index contributed by atoms with van der Waals surface area (Å²) in [5.41, 5.74) is 3.49. The van der Waals surface area contributed by atoms with Gasteiger partial charge in [0.05, 0.1) is 32.8 Å². The van der Waals surface area contributed by atoms with Crippen molar-refractivity contribution in [3.8, 4) is 0 Å². The van der Waals surface area contributed by atoms with E-state index in [0.29, 0.717) is 19.8 Å². The van der Waals surface area contributed by atoms with Gasteiger partial charge in [-0.1, -0.05) is 54.6 Å². The Bertz CT molecular complexity index is 829. The van der Waals surface area contributed by atoms with Gasteiger partial charge >= 0.3 is 5.97 Å². The molecule has 0 amide bonds. The second kappa shape index (κ2) is 12.1. The Kier molecular flexibility index (Phi) is 8.91. The average molecular weight is 424 g/mol. The van der Waals surface area contributed by atoms with Crippen LogP contribution in [0.4, 0.5) is 0 Å². The van der Waals surface area contributed by atoms with E-state index < -0.39 is 0 Å². The number of esters is 1. The van der Waals surface area contributed by atoms with Crippen molar-refractivity contribution >= 4 is 11.9 Å². The molecule has 0 aliphatic carbocycles. The number of nitrogens with one attached hydrogen (secondary N) is 1. The maximum Gasteiger partial charge on any atom is 0.308 e. The number of carbonyl (C=O) groups excluding carboxylic acids is 1. The molecule has 1 fully saturated rings. The van der Waals surface area contributed by atoms with Crippen LogP contribution in [0.3, 0.4) is 0 Å². The highest BCUT2D eigenvalue weighted by molar-refractivity contribution is 5.80. The number of hydrogen-bond donors (Lipinski definition) is 1. The minimum absolute atomic E-state index is 0.000723. The number of piperidine rings is 1. The van der Waals surface area contributed by atoms with Crippen molar-refractivity contribution in [2.45, 2.75) is 39.5 Å². The van der Waals surface area contributed by atoms with E-state index in [1.54, 1.807) is 0 Å². The number of nitrogens with zero attached hydrogens (tertiary/aromatic N) is 2. The summed E-state index contributed by atoms with van der Waals surface area (Å²) >= 11 is 0. The molecular formula is C25H33N3O3. The Labute approximate surface area is 185 Å². The zero-order valence-corrected chi connectivity index (χ0v) is 18.5. The molecule has 0 unspecified atom stereocenters. The summed E-state index contributed by atoms with van der Waals surface area (Å²) in [6.07, 6.45) is 1.60. The number of benzene rings is 2. The van der Waals surface area contributed by atoms with Crippen LogP contribution in [0.5, 0.6) is 0 Å². The molecule has 6 nitrogen and oxygen atoms in total. The number of guanidine groups is 1. The highest BCUT2D eigenvalue weighted by atomic mass is 16.5. The fourth-order valence-electron chi connectivity index (χ4n) is 3.69. The van der Waals surface area contributed by atoms with Crippen LogP contribution in [0.25, 0.3) is 0 Å². The van der Waals surface area contributed by atoms with Gasteiger partial charge in [-0.25, -0.2) is 4.99 Å². The first-order valence-corrected chi connectivity index (χ1v) is 11.0. The lowest BCUT2D eigenvalue weighted by Gasteiger charge is -2.33. The topological polar surface area (TPSA) is 63.2 Å². The monoisotopic (exact) mass is 423 g/mol. The Morgan fingerprint density at radius 2 is 1.61 bits per heavy atom. The molecule has 1 N–H and O–H groups in total. The Morgan fingerprint density at radius 1 is 1.00 bits per heavy atom.